The van der Waals surface area contributed by atoms with Crippen LogP contribution in [0.3, 0.4) is 0 Å². The summed E-state index contributed by atoms with van der Waals surface area (Å²) >= 11 is 19.6. The second-order valence-electron chi connectivity index (χ2n) is 4.71. The third-order valence-corrected chi connectivity index (χ3v) is 5.03. The highest BCUT2D eigenvalue weighted by molar-refractivity contribution is 7.16. The van der Waals surface area contributed by atoms with Gasteiger partial charge in [-0.2, -0.15) is 0 Å². The van der Waals surface area contributed by atoms with Crippen molar-refractivity contribution in [1.29, 1.82) is 0 Å². The van der Waals surface area contributed by atoms with Gasteiger partial charge in [0, 0.05) is 28.7 Å². The zero-order valence-corrected chi connectivity index (χ0v) is 14.2. The summed E-state index contributed by atoms with van der Waals surface area (Å²) < 4.78 is 3.03. The van der Waals surface area contributed by atoms with Crippen molar-refractivity contribution < 1.29 is 0 Å². The Hall–Kier alpha value is -0.740. The smallest absolute Gasteiger partial charge is 0.111 e. The lowest BCUT2D eigenvalue weighted by atomic mass is 10.3. The van der Waals surface area contributed by atoms with Gasteiger partial charge in [0.05, 0.1) is 15.4 Å². The van der Waals surface area contributed by atoms with Crippen molar-refractivity contribution in [3.63, 3.8) is 0 Å². The summed E-state index contributed by atoms with van der Waals surface area (Å²) in [5, 5.41) is 0.722. The largest absolute Gasteiger partial charge is 0.328 e. The van der Waals surface area contributed by atoms with Crippen molar-refractivity contribution in [2.75, 3.05) is 5.88 Å². The van der Waals surface area contributed by atoms with E-state index in [0.717, 1.165) is 45.6 Å². The van der Waals surface area contributed by atoms with Gasteiger partial charge in [0.15, 0.2) is 0 Å². The maximum atomic E-state index is 6.11. The number of hydrogen-bond acceptors (Lipinski definition) is 2. The Morgan fingerprint density at radius 2 is 1.95 bits per heavy atom. The van der Waals surface area contributed by atoms with Gasteiger partial charge >= 0.3 is 0 Å². The van der Waals surface area contributed by atoms with E-state index in [0.29, 0.717) is 5.88 Å². The number of aromatic nitrogens is 2. The summed E-state index contributed by atoms with van der Waals surface area (Å²) in [6.07, 6.45) is 1.67. The standard InChI is InChI=1S/C15H13Cl3N2S/c16-7-5-15-19-12-3-1-10(17)9-13(12)20(15)8-6-11-2-4-14(18)21-11/h1-4,9H,5-8H2. The van der Waals surface area contributed by atoms with E-state index >= 15 is 0 Å². The van der Waals surface area contributed by atoms with Crippen molar-refractivity contribution in [1.82, 2.24) is 9.55 Å². The quantitative estimate of drug-likeness (QED) is 0.555. The van der Waals surface area contributed by atoms with Gasteiger partial charge in [-0.1, -0.05) is 23.2 Å². The molecule has 2 nitrogen and oxygen atoms in total. The molecule has 0 aliphatic heterocycles. The number of benzene rings is 1. The number of nitrogens with zero attached hydrogens (tertiary/aromatic N) is 2. The van der Waals surface area contributed by atoms with Gasteiger partial charge in [-0.05, 0) is 36.8 Å². The Morgan fingerprint density at radius 1 is 1.10 bits per heavy atom. The van der Waals surface area contributed by atoms with Crippen LogP contribution in [0.2, 0.25) is 9.36 Å². The van der Waals surface area contributed by atoms with Crippen LogP contribution in [-0.4, -0.2) is 15.4 Å². The maximum Gasteiger partial charge on any atom is 0.111 e. The van der Waals surface area contributed by atoms with Gasteiger partial charge in [0.25, 0.3) is 0 Å². The first-order chi connectivity index (χ1) is 10.2. The predicted octanol–water partition coefficient (Wildman–Crippen LogP) is 5.43. The first kappa shape index (κ1) is 15.2. The number of imidazole rings is 1. The van der Waals surface area contributed by atoms with Crippen LogP contribution in [-0.2, 0) is 19.4 Å². The molecule has 2 heterocycles. The molecular formula is C15H13Cl3N2S. The van der Waals surface area contributed by atoms with Crippen molar-refractivity contribution in [3.8, 4) is 0 Å². The molecule has 3 rings (SSSR count). The molecule has 0 saturated heterocycles. The van der Waals surface area contributed by atoms with Crippen LogP contribution in [0.25, 0.3) is 11.0 Å². The monoisotopic (exact) mass is 358 g/mol. The molecule has 0 aliphatic carbocycles. The number of aryl methyl sites for hydroxylation is 3. The van der Waals surface area contributed by atoms with Gasteiger partial charge in [-0.25, -0.2) is 4.98 Å². The van der Waals surface area contributed by atoms with E-state index in [4.69, 9.17) is 34.8 Å². The Kier molecular flexibility index (Phi) is 4.75. The highest BCUT2D eigenvalue weighted by atomic mass is 35.5. The van der Waals surface area contributed by atoms with E-state index < -0.39 is 0 Å². The number of hydrogen-bond donors (Lipinski definition) is 0. The average molecular weight is 360 g/mol. The normalized spacial score (nSPS) is 11.4. The lowest BCUT2D eigenvalue weighted by Crippen LogP contribution is -2.06. The molecule has 0 aliphatic rings. The highest BCUT2D eigenvalue weighted by Crippen LogP contribution is 2.25. The molecule has 6 heteroatoms. The van der Waals surface area contributed by atoms with Crippen LogP contribution in [0.5, 0.6) is 0 Å². The molecule has 21 heavy (non-hydrogen) atoms. The Morgan fingerprint density at radius 3 is 2.67 bits per heavy atom. The van der Waals surface area contributed by atoms with Crippen LogP contribution >= 0.6 is 46.1 Å². The summed E-state index contributed by atoms with van der Waals surface area (Å²) in [6, 6.07) is 9.78. The first-order valence-electron chi connectivity index (χ1n) is 6.62. The lowest BCUT2D eigenvalue weighted by Gasteiger charge is -2.07. The summed E-state index contributed by atoms with van der Waals surface area (Å²) in [6.45, 7) is 0.847. The SMILES string of the molecule is ClCCc1nc2ccc(Cl)cc2n1CCc1ccc(Cl)s1. The molecule has 0 bridgehead atoms. The molecule has 0 fully saturated rings. The van der Waals surface area contributed by atoms with Gasteiger partial charge in [0.1, 0.15) is 5.82 Å². The van der Waals surface area contributed by atoms with E-state index in [1.165, 1.54) is 4.88 Å². The molecule has 0 spiro atoms. The predicted molar refractivity (Wildman–Crippen MR) is 92.2 cm³/mol. The van der Waals surface area contributed by atoms with Crippen LogP contribution in [0.15, 0.2) is 30.3 Å². The number of fused-ring (bicyclic) bond motifs is 1. The lowest BCUT2D eigenvalue weighted by molar-refractivity contribution is 0.679. The minimum atomic E-state index is 0.557. The molecule has 110 valence electrons. The minimum absolute atomic E-state index is 0.557. The fraction of sp³-hybridized carbons (Fsp3) is 0.267. The van der Waals surface area contributed by atoms with Crippen LogP contribution in [0, 0.1) is 0 Å². The minimum Gasteiger partial charge on any atom is -0.328 e. The Bertz CT molecular complexity index is 763. The van der Waals surface area contributed by atoms with Gasteiger partial charge in [0.2, 0.25) is 0 Å². The molecule has 2 aromatic heterocycles. The number of thiophene rings is 1. The molecule has 0 N–H and O–H groups in total. The maximum absolute atomic E-state index is 6.11. The summed E-state index contributed by atoms with van der Waals surface area (Å²) in [5.41, 5.74) is 2.02. The summed E-state index contributed by atoms with van der Waals surface area (Å²) in [4.78, 5) is 5.92. The third-order valence-electron chi connectivity index (χ3n) is 3.32. The highest BCUT2D eigenvalue weighted by Gasteiger charge is 2.11. The van der Waals surface area contributed by atoms with Crippen molar-refractivity contribution >= 4 is 57.2 Å². The van der Waals surface area contributed by atoms with E-state index in [9.17, 15) is 0 Å². The number of rotatable bonds is 5. The number of halogens is 3. The van der Waals surface area contributed by atoms with Gasteiger partial charge in [-0.3, -0.25) is 0 Å². The number of alkyl halides is 1. The molecule has 0 saturated carbocycles. The Labute approximate surface area is 142 Å². The van der Waals surface area contributed by atoms with E-state index in [2.05, 4.69) is 15.6 Å². The van der Waals surface area contributed by atoms with E-state index in [1.807, 2.05) is 24.3 Å². The molecule has 3 aromatic rings. The van der Waals surface area contributed by atoms with E-state index in [-0.39, 0.29) is 0 Å². The Balaban J connectivity index is 1.94. The second-order valence-corrected chi connectivity index (χ2v) is 7.32. The topological polar surface area (TPSA) is 17.8 Å². The summed E-state index contributed by atoms with van der Waals surface area (Å²) in [5.74, 6) is 1.56. The molecule has 0 radical (unpaired) electrons. The van der Waals surface area contributed by atoms with E-state index in [1.54, 1.807) is 11.3 Å². The fourth-order valence-corrected chi connectivity index (χ4v) is 3.79. The molecule has 0 unspecified atom stereocenters. The van der Waals surface area contributed by atoms with Gasteiger partial charge in [-0.15, -0.1) is 22.9 Å². The molecular weight excluding hydrogens is 347 g/mol. The second kappa shape index (κ2) is 6.57. The van der Waals surface area contributed by atoms with Gasteiger partial charge < -0.3 is 4.57 Å². The fourth-order valence-electron chi connectivity index (χ4n) is 2.38. The molecule has 0 atom stereocenters. The summed E-state index contributed by atoms with van der Waals surface area (Å²) in [7, 11) is 0. The van der Waals surface area contributed by atoms with Crippen LogP contribution in [0.1, 0.15) is 10.7 Å². The zero-order chi connectivity index (χ0) is 14.8. The molecule has 1 aromatic carbocycles. The average Bonchev–Trinajstić information content (AvgIpc) is 3.01. The zero-order valence-electron chi connectivity index (χ0n) is 11.2. The van der Waals surface area contributed by atoms with Crippen molar-refractivity contribution in [2.24, 2.45) is 0 Å². The van der Waals surface area contributed by atoms with Crippen LogP contribution < -0.4 is 0 Å². The third kappa shape index (κ3) is 3.37. The van der Waals surface area contributed by atoms with Crippen molar-refractivity contribution in [3.05, 3.63) is 50.4 Å². The van der Waals surface area contributed by atoms with Crippen LogP contribution in [0.4, 0.5) is 0 Å². The first-order valence-corrected chi connectivity index (χ1v) is 8.73. The van der Waals surface area contributed by atoms with Crippen molar-refractivity contribution in [2.45, 2.75) is 19.4 Å². The molecule has 0 amide bonds.